The molecule has 1 fully saturated rings. The van der Waals surface area contributed by atoms with Crippen LogP contribution < -0.4 is 11.1 Å². The first-order valence-corrected chi connectivity index (χ1v) is 7.93. The minimum Gasteiger partial charge on any atom is -0.355 e. The monoisotopic (exact) mass is 306 g/mol. The molecule has 2 atom stereocenters. The molecule has 7 heteroatoms. The van der Waals surface area contributed by atoms with Gasteiger partial charge in [-0.2, -0.15) is 0 Å². The Morgan fingerprint density at radius 1 is 1.41 bits per heavy atom. The van der Waals surface area contributed by atoms with Crippen LogP contribution in [0.5, 0.6) is 0 Å². The van der Waals surface area contributed by atoms with E-state index in [9.17, 15) is 9.59 Å². The molecule has 2 heterocycles. The molecule has 2 amide bonds. The molecule has 3 rings (SSSR count). The number of likely N-dealkylation sites (tertiary alicyclic amines) is 1. The Morgan fingerprint density at radius 3 is 2.95 bits per heavy atom. The number of rotatable bonds is 3. The number of likely N-dealkylation sites (N-methyl/N-ethyl adjacent to an activating group) is 1. The Kier molecular flexibility index (Phi) is 4.15. The van der Waals surface area contributed by atoms with Gasteiger partial charge in [0.05, 0.1) is 5.69 Å². The molecule has 2 unspecified atom stereocenters. The molecule has 3 N–H and O–H groups in total. The van der Waals surface area contributed by atoms with Crippen LogP contribution in [0.2, 0.25) is 0 Å². The normalized spacial score (nSPS) is 24.2. The highest BCUT2D eigenvalue weighted by molar-refractivity contribution is 5.97. The maximum atomic E-state index is 12.8. The Morgan fingerprint density at radius 2 is 2.18 bits per heavy atom. The number of nitrogens with zero attached hydrogens (tertiary/aromatic N) is 2. The molecule has 2 aliphatic rings. The summed E-state index contributed by atoms with van der Waals surface area (Å²) in [5.74, 6) is -0.130. The van der Waals surface area contributed by atoms with Crippen LogP contribution in [0.25, 0.3) is 0 Å². The van der Waals surface area contributed by atoms with Crippen molar-refractivity contribution in [3.8, 4) is 0 Å². The molecule has 0 radical (unpaired) electrons. The zero-order valence-corrected chi connectivity index (χ0v) is 12.8. The van der Waals surface area contributed by atoms with Gasteiger partial charge in [0.15, 0.2) is 0 Å². The molecule has 0 saturated carbocycles. The van der Waals surface area contributed by atoms with E-state index in [4.69, 9.17) is 10.3 Å². The number of fused-ring (bicyclic) bond motifs is 1. The topological polar surface area (TPSA) is 101 Å². The number of aromatic nitrogens is 1. The maximum Gasteiger partial charge on any atom is 0.293 e. The molecule has 0 spiro atoms. The lowest BCUT2D eigenvalue weighted by atomic mass is 9.96. The quantitative estimate of drug-likeness (QED) is 0.832. The highest BCUT2D eigenvalue weighted by Crippen LogP contribution is 2.27. The third-order valence-corrected chi connectivity index (χ3v) is 4.40. The minimum absolute atomic E-state index is 0.155. The Bertz CT molecular complexity index is 583. The van der Waals surface area contributed by atoms with Gasteiger partial charge in [-0.3, -0.25) is 9.59 Å². The molecular weight excluding hydrogens is 284 g/mol. The lowest BCUT2D eigenvalue weighted by Crippen LogP contribution is -2.46. The van der Waals surface area contributed by atoms with Gasteiger partial charge in [0, 0.05) is 24.7 Å². The average Bonchev–Trinajstić information content (AvgIpc) is 3.10. The molecule has 0 bridgehead atoms. The van der Waals surface area contributed by atoms with Crippen LogP contribution >= 0.6 is 0 Å². The fourth-order valence-corrected chi connectivity index (χ4v) is 3.32. The summed E-state index contributed by atoms with van der Waals surface area (Å²) in [6.07, 6.45) is 4.25. The van der Waals surface area contributed by atoms with Crippen LogP contribution in [-0.2, 0) is 17.6 Å². The fraction of sp³-hybridized carbons (Fsp3) is 0.667. The lowest BCUT2D eigenvalue weighted by molar-refractivity contribution is -0.124. The van der Waals surface area contributed by atoms with Gasteiger partial charge in [-0.1, -0.05) is 5.16 Å². The first kappa shape index (κ1) is 15.0. The second-order valence-corrected chi connectivity index (χ2v) is 6.01. The first-order chi connectivity index (χ1) is 10.6. The van der Waals surface area contributed by atoms with E-state index < -0.39 is 6.04 Å². The van der Waals surface area contributed by atoms with Crippen LogP contribution in [0.1, 0.15) is 48.0 Å². The van der Waals surface area contributed by atoms with Crippen molar-refractivity contribution in [2.24, 2.45) is 5.73 Å². The predicted octanol–water partition coefficient (Wildman–Crippen LogP) is 0.231. The van der Waals surface area contributed by atoms with E-state index in [2.05, 4.69) is 10.5 Å². The van der Waals surface area contributed by atoms with Crippen molar-refractivity contribution in [2.45, 2.75) is 51.1 Å². The smallest absolute Gasteiger partial charge is 0.293 e. The third kappa shape index (κ3) is 2.61. The summed E-state index contributed by atoms with van der Waals surface area (Å²) in [4.78, 5) is 26.5. The molecule has 1 aromatic rings. The van der Waals surface area contributed by atoms with Crippen molar-refractivity contribution in [3.05, 3.63) is 17.0 Å². The Hall–Kier alpha value is -1.89. The van der Waals surface area contributed by atoms with Crippen molar-refractivity contribution in [2.75, 3.05) is 13.1 Å². The largest absolute Gasteiger partial charge is 0.355 e. The SMILES string of the molecule is CCNC(=O)C1CC(N)CN1C(=O)c1onc2c1CCCC2. The van der Waals surface area contributed by atoms with Gasteiger partial charge in [0.1, 0.15) is 6.04 Å². The maximum absolute atomic E-state index is 12.8. The molecule has 0 aromatic carbocycles. The number of hydrogen-bond acceptors (Lipinski definition) is 5. The van der Waals surface area contributed by atoms with Gasteiger partial charge in [-0.25, -0.2) is 0 Å². The number of nitrogens with one attached hydrogen (secondary N) is 1. The van der Waals surface area contributed by atoms with Gasteiger partial charge < -0.3 is 20.5 Å². The van der Waals surface area contributed by atoms with Crippen molar-refractivity contribution in [3.63, 3.8) is 0 Å². The molecule has 22 heavy (non-hydrogen) atoms. The Labute approximate surface area is 129 Å². The van der Waals surface area contributed by atoms with Crippen LogP contribution in [-0.4, -0.2) is 47.0 Å². The number of carbonyl (C=O) groups excluding carboxylic acids is 2. The van der Waals surface area contributed by atoms with E-state index in [0.717, 1.165) is 36.9 Å². The van der Waals surface area contributed by atoms with Crippen molar-refractivity contribution < 1.29 is 14.1 Å². The van der Waals surface area contributed by atoms with E-state index in [1.54, 1.807) is 0 Å². The van der Waals surface area contributed by atoms with Crippen molar-refractivity contribution in [1.29, 1.82) is 0 Å². The number of aryl methyl sites for hydroxylation is 1. The first-order valence-electron chi connectivity index (χ1n) is 7.93. The molecule has 1 aromatic heterocycles. The second-order valence-electron chi connectivity index (χ2n) is 6.01. The van der Waals surface area contributed by atoms with E-state index in [0.29, 0.717) is 19.5 Å². The van der Waals surface area contributed by atoms with E-state index in [1.165, 1.54) is 4.90 Å². The van der Waals surface area contributed by atoms with Crippen LogP contribution in [0.4, 0.5) is 0 Å². The van der Waals surface area contributed by atoms with Crippen molar-refractivity contribution in [1.82, 2.24) is 15.4 Å². The molecule has 120 valence electrons. The highest BCUT2D eigenvalue weighted by atomic mass is 16.5. The molecule has 1 saturated heterocycles. The minimum atomic E-state index is -0.521. The highest BCUT2D eigenvalue weighted by Gasteiger charge is 2.40. The van der Waals surface area contributed by atoms with Gasteiger partial charge in [-0.05, 0) is 39.0 Å². The molecule has 1 aliphatic heterocycles. The van der Waals surface area contributed by atoms with E-state index >= 15 is 0 Å². The van der Waals surface area contributed by atoms with E-state index in [1.807, 2.05) is 6.92 Å². The van der Waals surface area contributed by atoms with Gasteiger partial charge in [0.2, 0.25) is 11.7 Å². The van der Waals surface area contributed by atoms with E-state index in [-0.39, 0.29) is 23.6 Å². The summed E-state index contributed by atoms with van der Waals surface area (Å²) in [6, 6.07) is -0.706. The van der Waals surface area contributed by atoms with Gasteiger partial charge in [0.25, 0.3) is 5.91 Å². The van der Waals surface area contributed by atoms with Gasteiger partial charge >= 0.3 is 0 Å². The number of nitrogens with two attached hydrogens (primary N) is 1. The fourth-order valence-electron chi connectivity index (χ4n) is 3.32. The zero-order chi connectivity index (χ0) is 15.7. The predicted molar refractivity (Wildman–Crippen MR) is 79.2 cm³/mol. The molecule has 1 aliphatic carbocycles. The summed E-state index contributed by atoms with van der Waals surface area (Å²) < 4.78 is 5.30. The molecule has 7 nitrogen and oxygen atoms in total. The number of hydrogen-bond donors (Lipinski definition) is 2. The third-order valence-electron chi connectivity index (χ3n) is 4.40. The number of carbonyl (C=O) groups is 2. The summed E-state index contributed by atoms with van der Waals surface area (Å²) in [6.45, 7) is 2.76. The van der Waals surface area contributed by atoms with Crippen LogP contribution in [0.15, 0.2) is 4.52 Å². The second kappa shape index (κ2) is 6.08. The zero-order valence-electron chi connectivity index (χ0n) is 12.8. The van der Waals surface area contributed by atoms with Crippen LogP contribution in [0.3, 0.4) is 0 Å². The Balaban J connectivity index is 1.84. The standard InChI is InChI=1S/C15H22N4O3/c1-2-17-14(20)12-7-9(16)8-19(12)15(21)13-10-5-3-4-6-11(10)18-22-13/h9,12H,2-8,16H2,1H3,(H,17,20). The summed E-state index contributed by atoms with van der Waals surface area (Å²) in [7, 11) is 0. The van der Waals surface area contributed by atoms with Crippen molar-refractivity contribution >= 4 is 11.8 Å². The molecular formula is C15H22N4O3. The van der Waals surface area contributed by atoms with Gasteiger partial charge in [-0.15, -0.1) is 0 Å². The summed E-state index contributed by atoms with van der Waals surface area (Å²) in [5, 5.41) is 6.79. The summed E-state index contributed by atoms with van der Waals surface area (Å²) >= 11 is 0. The number of amides is 2. The lowest BCUT2D eigenvalue weighted by Gasteiger charge is -2.23. The summed E-state index contributed by atoms with van der Waals surface area (Å²) in [5.41, 5.74) is 7.75. The van der Waals surface area contributed by atoms with Crippen LogP contribution in [0, 0.1) is 0 Å². The average molecular weight is 306 g/mol.